The van der Waals surface area contributed by atoms with Gasteiger partial charge in [0, 0.05) is 0 Å². The molecular formula is C63H41NO. The fraction of sp³-hybridized carbons (Fsp3) is 0. The fourth-order valence-corrected chi connectivity index (χ4v) is 9.83. The van der Waals surface area contributed by atoms with Crippen molar-refractivity contribution in [2.24, 2.45) is 0 Å². The molecule has 2 nitrogen and oxygen atoms in total. The highest BCUT2D eigenvalue weighted by Gasteiger charge is 2.25. The maximum Gasteiger partial charge on any atom is 0.228 e. The predicted octanol–water partition coefficient (Wildman–Crippen LogP) is 17.5. The normalized spacial score (nSPS) is 11.4. The molecule has 0 N–H and O–H groups in total. The molecule has 0 radical (unpaired) electrons. The van der Waals surface area contributed by atoms with Crippen LogP contribution in [0.5, 0.6) is 0 Å². The molecule has 0 aliphatic rings. The molecular weight excluding hydrogens is 787 g/mol. The monoisotopic (exact) mass is 827 g/mol. The van der Waals surface area contributed by atoms with Crippen molar-refractivity contribution in [1.29, 1.82) is 0 Å². The standard InChI is InChI=1S/C63H41NO/c1-5-21-42(22-6-1)54-41-55(60(44-25-9-3-10-26-44)61(45-27-11-4-12-28-45)59(54)43-23-7-2-8-24-43)48-31-19-29-46(39-48)47-30-20-32-49(40-47)58-50-33-13-15-35-52(50)62(53-36-16-14-34-51(53)58)63-64-56-37-17-18-38-57(56)65-63/h1-41H. The highest BCUT2D eigenvalue weighted by Crippen LogP contribution is 2.51. The Morgan fingerprint density at radius 1 is 0.246 bits per heavy atom. The van der Waals surface area contributed by atoms with E-state index in [0.29, 0.717) is 5.89 Å². The Bertz CT molecular complexity index is 3590. The zero-order valence-corrected chi connectivity index (χ0v) is 35.5. The largest absolute Gasteiger partial charge is 0.436 e. The first kappa shape index (κ1) is 38.1. The van der Waals surface area contributed by atoms with Crippen LogP contribution in [0.4, 0.5) is 0 Å². The second-order valence-corrected chi connectivity index (χ2v) is 16.6. The van der Waals surface area contributed by atoms with E-state index >= 15 is 0 Å². The number of aromatic nitrogens is 1. The van der Waals surface area contributed by atoms with E-state index in [1.807, 2.05) is 24.3 Å². The first-order chi connectivity index (χ1) is 32.3. The van der Waals surface area contributed by atoms with Crippen molar-refractivity contribution in [2.75, 3.05) is 0 Å². The van der Waals surface area contributed by atoms with E-state index in [9.17, 15) is 0 Å². The molecule has 12 rings (SSSR count). The number of hydrogen-bond donors (Lipinski definition) is 0. The second-order valence-electron chi connectivity index (χ2n) is 16.6. The lowest BCUT2D eigenvalue weighted by Gasteiger charge is -2.24. The van der Waals surface area contributed by atoms with Crippen molar-refractivity contribution in [3.8, 4) is 89.3 Å². The Morgan fingerprint density at radius 2 is 0.631 bits per heavy atom. The minimum absolute atomic E-state index is 0.633. The van der Waals surface area contributed by atoms with E-state index in [1.54, 1.807) is 0 Å². The van der Waals surface area contributed by atoms with E-state index in [-0.39, 0.29) is 0 Å². The van der Waals surface area contributed by atoms with E-state index < -0.39 is 0 Å². The molecule has 0 bridgehead atoms. The number of nitrogens with zero attached hydrogens (tertiary/aromatic N) is 1. The molecule has 0 spiro atoms. The highest BCUT2D eigenvalue weighted by atomic mass is 16.3. The highest BCUT2D eigenvalue weighted by molar-refractivity contribution is 6.21. The number of oxazole rings is 1. The van der Waals surface area contributed by atoms with Crippen LogP contribution in [0, 0.1) is 0 Å². The molecule has 1 heterocycles. The van der Waals surface area contributed by atoms with Crippen LogP contribution in [-0.4, -0.2) is 4.98 Å². The topological polar surface area (TPSA) is 26.0 Å². The first-order valence-corrected chi connectivity index (χ1v) is 22.2. The van der Waals surface area contributed by atoms with Gasteiger partial charge in [-0.1, -0.05) is 218 Å². The van der Waals surface area contributed by atoms with Gasteiger partial charge < -0.3 is 4.42 Å². The number of rotatable bonds is 8. The van der Waals surface area contributed by atoms with Crippen LogP contribution >= 0.6 is 0 Å². The summed E-state index contributed by atoms with van der Waals surface area (Å²) in [4.78, 5) is 5.00. The summed E-state index contributed by atoms with van der Waals surface area (Å²) in [5.74, 6) is 0.633. The first-order valence-electron chi connectivity index (χ1n) is 22.2. The molecule has 0 fully saturated rings. The minimum atomic E-state index is 0.633. The average Bonchev–Trinajstić information content (AvgIpc) is 3.82. The molecule has 0 atom stereocenters. The molecule has 65 heavy (non-hydrogen) atoms. The molecule has 0 saturated carbocycles. The number of fused-ring (bicyclic) bond motifs is 3. The third-order valence-corrected chi connectivity index (χ3v) is 12.7. The predicted molar refractivity (Wildman–Crippen MR) is 273 cm³/mol. The SMILES string of the molecule is c1ccc(-c2cc(-c3cccc(-c4cccc(-c5c6ccccc6c(-c6nc7ccccc7o6)c6ccccc56)c4)c3)c(-c3ccccc3)c(-c3ccccc3)c2-c2ccccc2)cc1. The summed E-state index contributed by atoms with van der Waals surface area (Å²) in [6.07, 6.45) is 0. The molecule has 0 amide bonds. The quantitative estimate of drug-likeness (QED) is 0.143. The van der Waals surface area contributed by atoms with Crippen molar-refractivity contribution in [2.45, 2.75) is 0 Å². The third kappa shape index (κ3) is 6.80. The van der Waals surface area contributed by atoms with Gasteiger partial charge in [-0.25, -0.2) is 4.98 Å². The summed E-state index contributed by atoms with van der Waals surface area (Å²) in [5, 5.41) is 4.52. The smallest absolute Gasteiger partial charge is 0.228 e. The Balaban J connectivity index is 1.08. The van der Waals surface area contributed by atoms with Gasteiger partial charge >= 0.3 is 0 Å². The van der Waals surface area contributed by atoms with E-state index in [0.717, 1.165) is 60.5 Å². The van der Waals surface area contributed by atoms with Gasteiger partial charge in [-0.3, -0.25) is 0 Å². The Morgan fingerprint density at radius 3 is 1.17 bits per heavy atom. The number of para-hydroxylation sites is 2. The summed E-state index contributed by atoms with van der Waals surface area (Å²) in [5.41, 5.74) is 19.2. The third-order valence-electron chi connectivity index (χ3n) is 12.7. The lowest BCUT2D eigenvalue weighted by molar-refractivity contribution is 0.621. The lowest BCUT2D eigenvalue weighted by atomic mass is 9.78. The molecule has 0 aliphatic heterocycles. The summed E-state index contributed by atoms with van der Waals surface area (Å²) in [6, 6.07) is 89.4. The molecule has 11 aromatic carbocycles. The molecule has 12 aromatic rings. The van der Waals surface area contributed by atoms with Crippen LogP contribution in [0.15, 0.2) is 253 Å². The summed E-state index contributed by atoms with van der Waals surface area (Å²) < 4.78 is 6.46. The zero-order chi connectivity index (χ0) is 43.1. The molecule has 304 valence electrons. The molecule has 2 heteroatoms. The summed E-state index contributed by atoms with van der Waals surface area (Å²) >= 11 is 0. The van der Waals surface area contributed by atoms with Crippen LogP contribution in [0.1, 0.15) is 0 Å². The number of hydrogen-bond acceptors (Lipinski definition) is 2. The van der Waals surface area contributed by atoms with Crippen LogP contribution in [0.3, 0.4) is 0 Å². The van der Waals surface area contributed by atoms with Gasteiger partial charge in [-0.05, 0) is 130 Å². The van der Waals surface area contributed by atoms with Crippen molar-refractivity contribution in [3.63, 3.8) is 0 Å². The summed E-state index contributed by atoms with van der Waals surface area (Å²) in [6.45, 7) is 0. The molecule has 0 saturated heterocycles. The molecule has 1 aromatic heterocycles. The Kier molecular flexibility index (Phi) is 9.54. The fourth-order valence-electron chi connectivity index (χ4n) is 9.83. The van der Waals surface area contributed by atoms with Crippen LogP contribution in [0.2, 0.25) is 0 Å². The molecule has 0 unspecified atom stereocenters. The van der Waals surface area contributed by atoms with E-state index in [1.165, 1.54) is 55.6 Å². The minimum Gasteiger partial charge on any atom is -0.436 e. The Labute approximate surface area is 378 Å². The Hall–Kier alpha value is -8.59. The van der Waals surface area contributed by atoms with Crippen LogP contribution in [-0.2, 0) is 0 Å². The maximum absolute atomic E-state index is 6.46. The van der Waals surface area contributed by atoms with E-state index in [2.05, 4.69) is 224 Å². The van der Waals surface area contributed by atoms with Crippen molar-refractivity contribution < 1.29 is 4.42 Å². The summed E-state index contributed by atoms with van der Waals surface area (Å²) in [7, 11) is 0. The van der Waals surface area contributed by atoms with Gasteiger partial charge in [0.05, 0.1) is 5.56 Å². The number of benzene rings is 11. The van der Waals surface area contributed by atoms with E-state index in [4.69, 9.17) is 9.40 Å². The van der Waals surface area contributed by atoms with Gasteiger partial charge in [-0.15, -0.1) is 0 Å². The molecule has 0 aliphatic carbocycles. The van der Waals surface area contributed by atoms with Crippen LogP contribution in [0.25, 0.3) is 122 Å². The van der Waals surface area contributed by atoms with Crippen molar-refractivity contribution >= 4 is 32.6 Å². The van der Waals surface area contributed by atoms with Gasteiger partial charge in [0.2, 0.25) is 5.89 Å². The van der Waals surface area contributed by atoms with Crippen molar-refractivity contribution in [1.82, 2.24) is 4.98 Å². The maximum atomic E-state index is 6.46. The van der Waals surface area contributed by atoms with Crippen LogP contribution < -0.4 is 0 Å². The van der Waals surface area contributed by atoms with Gasteiger partial charge in [0.25, 0.3) is 0 Å². The van der Waals surface area contributed by atoms with Gasteiger partial charge in [0.1, 0.15) is 5.52 Å². The second kappa shape index (κ2) is 16.3. The zero-order valence-electron chi connectivity index (χ0n) is 35.5. The van der Waals surface area contributed by atoms with Crippen molar-refractivity contribution in [3.05, 3.63) is 249 Å². The van der Waals surface area contributed by atoms with Gasteiger partial charge in [0.15, 0.2) is 5.58 Å². The van der Waals surface area contributed by atoms with Gasteiger partial charge in [-0.2, -0.15) is 0 Å². The average molecular weight is 828 g/mol. The lowest BCUT2D eigenvalue weighted by Crippen LogP contribution is -1.98.